The molecule has 0 aromatic rings. The van der Waals surface area contributed by atoms with Crippen molar-refractivity contribution in [2.45, 2.75) is 45.1 Å². The number of amides is 2. The van der Waals surface area contributed by atoms with Gasteiger partial charge in [0.25, 0.3) is 0 Å². The number of hydrogen-bond donors (Lipinski definition) is 2. The van der Waals surface area contributed by atoms with E-state index in [1.807, 2.05) is 0 Å². The molecule has 122 valence electrons. The smallest absolute Gasteiger partial charge is 0.317 e. The van der Waals surface area contributed by atoms with E-state index in [2.05, 4.69) is 17.1 Å². The van der Waals surface area contributed by atoms with E-state index in [0.717, 1.165) is 38.3 Å². The molecule has 0 aromatic carbocycles. The molecule has 2 N–H and O–H groups in total. The van der Waals surface area contributed by atoms with Crippen LogP contribution in [0.4, 0.5) is 4.79 Å². The van der Waals surface area contributed by atoms with Gasteiger partial charge in [-0.15, -0.1) is 0 Å². The highest BCUT2D eigenvalue weighted by molar-refractivity contribution is 5.73. The summed E-state index contributed by atoms with van der Waals surface area (Å²) < 4.78 is 0. The Morgan fingerprint density at radius 1 is 1.33 bits per heavy atom. The van der Waals surface area contributed by atoms with E-state index >= 15 is 0 Å². The van der Waals surface area contributed by atoms with E-state index in [-0.39, 0.29) is 12.1 Å². The minimum Gasteiger partial charge on any atom is -0.391 e. The second-order valence-corrected chi connectivity index (χ2v) is 6.89. The lowest BCUT2D eigenvalue weighted by Gasteiger charge is -2.30. The van der Waals surface area contributed by atoms with Crippen LogP contribution >= 0.6 is 0 Å². The molecule has 1 atom stereocenters. The monoisotopic (exact) mass is 297 g/mol. The van der Waals surface area contributed by atoms with Gasteiger partial charge >= 0.3 is 6.03 Å². The zero-order valence-electron chi connectivity index (χ0n) is 13.6. The lowest BCUT2D eigenvalue weighted by Crippen LogP contribution is -2.42. The summed E-state index contributed by atoms with van der Waals surface area (Å²) in [6.45, 7) is 6.95. The number of nitrogens with zero attached hydrogens (tertiary/aromatic N) is 2. The highest BCUT2D eigenvalue weighted by atomic mass is 16.3. The van der Waals surface area contributed by atoms with Gasteiger partial charge in [0.05, 0.1) is 6.10 Å². The van der Waals surface area contributed by atoms with Gasteiger partial charge in [-0.1, -0.05) is 6.92 Å². The number of nitrogens with one attached hydrogen (secondary N) is 1. The van der Waals surface area contributed by atoms with Gasteiger partial charge in [-0.25, -0.2) is 4.79 Å². The summed E-state index contributed by atoms with van der Waals surface area (Å²) in [7, 11) is 1.76. The van der Waals surface area contributed by atoms with E-state index in [9.17, 15) is 9.90 Å². The van der Waals surface area contributed by atoms with Gasteiger partial charge in [0, 0.05) is 20.1 Å². The zero-order chi connectivity index (χ0) is 15.2. The van der Waals surface area contributed by atoms with Crippen LogP contribution < -0.4 is 5.32 Å². The van der Waals surface area contributed by atoms with Gasteiger partial charge in [0.2, 0.25) is 0 Å². The summed E-state index contributed by atoms with van der Waals surface area (Å²) in [6.07, 6.45) is 5.45. The molecule has 0 spiro atoms. The van der Waals surface area contributed by atoms with Gasteiger partial charge in [0.1, 0.15) is 0 Å². The lowest BCUT2D eigenvalue weighted by atomic mass is 9.99. The first-order valence-electron chi connectivity index (χ1n) is 8.45. The van der Waals surface area contributed by atoms with Crippen molar-refractivity contribution >= 4 is 6.03 Å². The van der Waals surface area contributed by atoms with Gasteiger partial charge in [-0.05, 0) is 63.6 Å². The number of carbonyl (C=O) groups excluding carboxylic acids is 1. The predicted molar refractivity (Wildman–Crippen MR) is 84.2 cm³/mol. The summed E-state index contributed by atoms with van der Waals surface area (Å²) in [5.41, 5.74) is 0. The third-order valence-electron chi connectivity index (χ3n) is 4.78. The average molecular weight is 297 g/mol. The molecule has 0 radical (unpaired) electrons. The van der Waals surface area contributed by atoms with Crippen molar-refractivity contribution in [1.29, 1.82) is 0 Å². The number of aliphatic hydroxyl groups excluding tert-OH is 1. The normalized spacial score (nSPS) is 22.0. The third kappa shape index (κ3) is 5.83. The first-order chi connectivity index (χ1) is 10.1. The van der Waals surface area contributed by atoms with Gasteiger partial charge in [-0.2, -0.15) is 0 Å². The number of hydrogen-bond acceptors (Lipinski definition) is 3. The number of aliphatic hydroxyl groups is 1. The Kier molecular flexibility index (Phi) is 6.30. The Morgan fingerprint density at radius 2 is 2.00 bits per heavy atom. The van der Waals surface area contributed by atoms with E-state index in [1.54, 1.807) is 11.9 Å². The highest BCUT2D eigenvalue weighted by Crippen LogP contribution is 2.32. The van der Waals surface area contributed by atoms with Gasteiger partial charge < -0.3 is 20.2 Å². The molecule has 2 aliphatic rings. The molecule has 1 saturated carbocycles. The molecule has 1 aliphatic carbocycles. The Labute approximate surface area is 128 Å². The van der Waals surface area contributed by atoms with Crippen LogP contribution in [0.25, 0.3) is 0 Å². The zero-order valence-corrected chi connectivity index (χ0v) is 13.6. The van der Waals surface area contributed by atoms with E-state index in [4.69, 9.17) is 0 Å². The molecule has 5 heteroatoms. The van der Waals surface area contributed by atoms with Crippen molar-refractivity contribution in [1.82, 2.24) is 15.1 Å². The van der Waals surface area contributed by atoms with Crippen molar-refractivity contribution in [3.8, 4) is 0 Å². The van der Waals surface area contributed by atoms with Crippen molar-refractivity contribution in [3.05, 3.63) is 0 Å². The van der Waals surface area contributed by atoms with E-state index < -0.39 is 0 Å². The quantitative estimate of drug-likeness (QED) is 0.701. The molecule has 0 bridgehead atoms. The van der Waals surface area contributed by atoms with Crippen LogP contribution in [-0.2, 0) is 0 Å². The number of likely N-dealkylation sites (tertiary alicyclic amines) is 1. The van der Waals surface area contributed by atoms with Crippen LogP contribution in [0.15, 0.2) is 0 Å². The number of carbonyl (C=O) groups is 1. The predicted octanol–water partition coefficient (Wildman–Crippen LogP) is 1.52. The van der Waals surface area contributed by atoms with Crippen LogP contribution in [0.5, 0.6) is 0 Å². The van der Waals surface area contributed by atoms with Crippen LogP contribution in [0.2, 0.25) is 0 Å². The Hall–Kier alpha value is -0.810. The van der Waals surface area contributed by atoms with E-state index in [1.165, 1.54) is 25.9 Å². The molecule has 2 rings (SSSR count). The molecule has 1 unspecified atom stereocenters. The molecule has 2 fully saturated rings. The average Bonchev–Trinajstić information content (AvgIpc) is 3.29. The molecule has 21 heavy (non-hydrogen) atoms. The summed E-state index contributed by atoms with van der Waals surface area (Å²) in [4.78, 5) is 16.0. The fourth-order valence-electron chi connectivity index (χ4n) is 2.91. The van der Waals surface area contributed by atoms with Crippen LogP contribution in [0, 0.1) is 11.8 Å². The van der Waals surface area contributed by atoms with Gasteiger partial charge in [-0.3, -0.25) is 0 Å². The molecule has 1 heterocycles. The molecular formula is C16H31N3O2. The number of urea groups is 1. The SMILES string of the molecule is CC1CCN(CCCNC(=O)N(C)CC(O)C2CC2)CC1. The van der Waals surface area contributed by atoms with E-state index in [0.29, 0.717) is 12.5 Å². The van der Waals surface area contributed by atoms with Crippen molar-refractivity contribution < 1.29 is 9.90 Å². The second kappa shape index (κ2) is 7.99. The van der Waals surface area contributed by atoms with Crippen LogP contribution in [0.3, 0.4) is 0 Å². The second-order valence-electron chi connectivity index (χ2n) is 6.89. The first kappa shape index (κ1) is 16.6. The maximum Gasteiger partial charge on any atom is 0.317 e. The van der Waals surface area contributed by atoms with Crippen LogP contribution in [-0.4, -0.2) is 66.8 Å². The standard InChI is InChI=1S/C16H31N3O2/c1-13-6-10-19(11-7-13)9-3-8-17-16(21)18(2)12-15(20)14-4-5-14/h13-15,20H,3-12H2,1-2H3,(H,17,21). The van der Waals surface area contributed by atoms with Crippen molar-refractivity contribution in [2.75, 3.05) is 39.8 Å². The molecule has 1 saturated heterocycles. The molecular weight excluding hydrogens is 266 g/mol. The van der Waals surface area contributed by atoms with Gasteiger partial charge in [0.15, 0.2) is 0 Å². The van der Waals surface area contributed by atoms with Crippen molar-refractivity contribution in [2.24, 2.45) is 11.8 Å². The Bertz CT molecular complexity index is 325. The lowest BCUT2D eigenvalue weighted by molar-refractivity contribution is 0.113. The first-order valence-corrected chi connectivity index (χ1v) is 8.45. The third-order valence-corrected chi connectivity index (χ3v) is 4.78. The fourth-order valence-corrected chi connectivity index (χ4v) is 2.91. The number of likely N-dealkylation sites (N-methyl/N-ethyl adjacent to an activating group) is 1. The van der Waals surface area contributed by atoms with Crippen LogP contribution in [0.1, 0.15) is 39.0 Å². The maximum atomic E-state index is 11.9. The maximum absolute atomic E-state index is 11.9. The Morgan fingerprint density at radius 3 is 2.62 bits per heavy atom. The summed E-state index contributed by atoms with van der Waals surface area (Å²) in [5.74, 6) is 1.29. The summed E-state index contributed by atoms with van der Waals surface area (Å²) >= 11 is 0. The molecule has 5 nitrogen and oxygen atoms in total. The largest absolute Gasteiger partial charge is 0.391 e. The number of piperidine rings is 1. The van der Waals surface area contributed by atoms with Crippen molar-refractivity contribution in [3.63, 3.8) is 0 Å². The molecule has 0 aromatic heterocycles. The molecule has 1 aliphatic heterocycles. The Balaban J connectivity index is 1.52. The minimum atomic E-state index is -0.351. The minimum absolute atomic E-state index is 0.0676. The summed E-state index contributed by atoms with van der Waals surface area (Å²) in [5, 5.41) is 12.8. The molecule has 2 amide bonds. The fraction of sp³-hybridized carbons (Fsp3) is 0.938. The topological polar surface area (TPSA) is 55.8 Å². The number of rotatable bonds is 7. The highest BCUT2D eigenvalue weighted by Gasteiger charge is 2.31. The summed E-state index contributed by atoms with van der Waals surface area (Å²) in [6, 6.07) is -0.0676.